The van der Waals surface area contributed by atoms with Crippen LogP contribution in [-0.4, -0.2) is 19.7 Å². The highest BCUT2D eigenvalue weighted by Crippen LogP contribution is 2.03. The second-order valence-electron chi connectivity index (χ2n) is 3.12. The lowest BCUT2D eigenvalue weighted by atomic mass is 10.4. The Labute approximate surface area is 82.6 Å². The van der Waals surface area contributed by atoms with E-state index in [0.717, 1.165) is 23.6 Å². The molecule has 4 heteroatoms. The minimum Gasteiger partial charge on any atom is -0.256 e. The standard InChI is InChI=1S/C10H12N4/c1-3-9-6-12-10(7-11-9)14-5-4-8(2)13-14/h4-7H,3H2,1-2H3. The van der Waals surface area contributed by atoms with Crippen LogP contribution in [0.15, 0.2) is 24.7 Å². The summed E-state index contributed by atoms with van der Waals surface area (Å²) in [5.41, 5.74) is 1.98. The molecule has 0 aliphatic rings. The topological polar surface area (TPSA) is 43.6 Å². The second kappa shape index (κ2) is 3.57. The monoisotopic (exact) mass is 188 g/mol. The first kappa shape index (κ1) is 8.87. The predicted octanol–water partition coefficient (Wildman–Crippen LogP) is 1.53. The molecule has 14 heavy (non-hydrogen) atoms. The molecule has 0 amide bonds. The zero-order chi connectivity index (χ0) is 9.97. The molecule has 2 heterocycles. The van der Waals surface area contributed by atoms with Crippen molar-refractivity contribution in [3.8, 4) is 5.82 Å². The van der Waals surface area contributed by atoms with Crippen molar-refractivity contribution in [1.29, 1.82) is 0 Å². The lowest BCUT2D eigenvalue weighted by molar-refractivity contribution is 0.816. The van der Waals surface area contributed by atoms with Crippen molar-refractivity contribution < 1.29 is 0 Å². The van der Waals surface area contributed by atoms with Gasteiger partial charge in [-0.3, -0.25) is 4.98 Å². The van der Waals surface area contributed by atoms with E-state index >= 15 is 0 Å². The van der Waals surface area contributed by atoms with E-state index in [9.17, 15) is 0 Å². The Morgan fingerprint density at radius 3 is 2.64 bits per heavy atom. The van der Waals surface area contributed by atoms with Crippen LogP contribution in [0.4, 0.5) is 0 Å². The maximum atomic E-state index is 4.27. The Kier molecular flexibility index (Phi) is 2.26. The van der Waals surface area contributed by atoms with Crippen LogP contribution < -0.4 is 0 Å². The van der Waals surface area contributed by atoms with Gasteiger partial charge >= 0.3 is 0 Å². The first-order chi connectivity index (χ1) is 6.79. The average Bonchev–Trinajstić information content (AvgIpc) is 2.65. The number of rotatable bonds is 2. The molecule has 0 fully saturated rings. The van der Waals surface area contributed by atoms with Crippen LogP contribution in [0.25, 0.3) is 5.82 Å². The molecule has 0 spiro atoms. The average molecular weight is 188 g/mol. The summed E-state index contributed by atoms with van der Waals surface area (Å²) in [7, 11) is 0. The van der Waals surface area contributed by atoms with E-state index < -0.39 is 0 Å². The van der Waals surface area contributed by atoms with Gasteiger partial charge in [-0.25, -0.2) is 9.67 Å². The molecule has 0 atom stereocenters. The highest BCUT2D eigenvalue weighted by atomic mass is 15.3. The van der Waals surface area contributed by atoms with Crippen LogP contribution in [0.5, 0.6) is 0 Å². The van der Waals surface area contributed by atoms with Gasteiger partial charge in [0.25, 0.3) is 0 Å². The zero-order valence-corrected chi connectivity index (χ0v) is 8.31. The number of hydrogen-bond acceptors (Lipinski definition) is 3. The fourth-order valence-electron chi connectivity index (χ4n) is 1.19. The van der Waals surface area contributed by atoms with Crippen LogP contribution in [0, 0.1) is 6.92 Å². The van der Waals surface area contributed by atoms with Gasteiger partial charge in [0, 0.05) is 6.20 Å². The molecular formula is C10H12N4. The fraction of sp³-hybridized carbons (Fsp3) is 0.300. The van der Waals surface area contributed by atoms with Gasteiger partial charge in [-0.15, -0.1) is 0 Å². The van der Waals surface area contributed by atoms with Crippen molar-refractivity contribution in [2.45, 2.75) is 20.3 Å². The summed E-state index contributed by atoms with van der Waals surface area (Å²) in [4.78, 5) is 8.53. The number of hydrogen-bond donors (Lipinski definition) is 0. The van der Waals surface area contributed by atoms with E-state index in [1.807, 2.05) is 19.2 Å². The molecule has 0 bridgehead atoms. The van der Waals surface area contributed by atoms with Crippen LogP contribution in [0.1, 0.15) is 18.3 Å². The van der Waals surface area contributed by atoms with E-state index in [1.54, 1.807) is 17.1 Å². The zero-order valence-electron chi connectivity index (χ0n) is 8.31. The molecule has 0 aromatic carbocycles. The molecule has 0 aliphatic heterocycles. The molecule has 2 rings (SSSR count). The van der Waals surface area contributed by atoms with E-state index in [0.29, 0.717) is 0 Å². The summed E-state index contributed by atoms with van der Waals surface area (Å²) in [6.07, 6.45) is 6.31. The van der Waals surface area contributed by atoms with Crippen molar-refractivity contribution >= 4 is 0 Å². The maximum absolute atomic E-state index is 4.27. The van der Waals surface area contributed by atoms with Crippen LogP contribution in [0.3, 0.4) is 0 Å². The Hall–Kier alpha value is -1.71. The molecule has 2 aromatic heterocycles. The fourth-order valence-corrected chi connectivity index (χ4v) is 1.19. The van der Waals surface area contributed by atoms with E-state index in [1.165, 1.54) is 0 Å². The van der Waals surface area contributed by atoms with Crippen molar-refractivity contribution in [1.82, 2.24) is 19.7 Å². The molecule has 0 unspecified atom stereocenters. The van der Waals surface area contributed by atoms with E-state index in [-0.39, 0.29) is 0 Å². The van der Waals surface area contributed by atoms with Gasteiger partial charge in [-0.1, -0.05) is 6.92 Å². The summed E-state index contributed by atoms with van der Waals surface area (Å²) >= 11 is 0. The third-order valence-electron chi connectivity index (χ3n) is 2.01. The van der Waals surface area contributed by atoms with Crippen LogP contribution in [0.2, 0.25) is 0 Å². The van der Waals surface area contributed by atoms with Crippen molar-refractivity contribution in [3.63, 3.8) is 0 Å². The molecular weight excluding hydrogens is 176 g/mol. The Morgan fingerprint density at radius 2 is 2.14 bits per heavy atom. The Morgan fingerprint density at radius 1 is 1.29 bits per heavy atom. The summed E-state index contributed by atoms with van der Waals surface area (Å²) in [6, 6.07) is 1.94. The highest BCUT2D eigenvalue weighted by molar-refractivity contribution is 5.18. The normalized spacial score (nSPS) is 10.4. The molecule has 0 N–H and O–H groups in total. The van der Waals surface area contributed by atoms with Gasteiger partial charge in [-0.2, -0.15) is 5.10 Å². The largest absolute Gasteiger partial charge is 0.256 e. The summed E-state index contributed by atoms with van der Waals surface area (Å²) in [6.45, 7) is 4.01. The third-order valence-corrected chi connectivity index (χ3v) is 2.01. The first-order valence-corrected chi connectivity index (χ1v) is 4.63. The quantitative estimate of drug-likeness (QED) is 0.717. The Balaban J connectivity index is 2.33. The lowest BCUT2D eigenvalue weighted by Gasteiger charge is -2.00. The lowest BCUT2D eigenvalue weighted by Crippen LogP contribution is -2.00. The SMILES string of the molecule is CCc1cnc(-n2ccc(C)n2)cn1. The molecule has 0 aliphatic carbocycles. The predicted molar refractivity (Wildman–Crippen MR) is 53.3 cm³/mol. The first-order valence-electron chi connectivity index (χ1n) is 4.63. The van der Waals surface area contributed by atoms with E-state index in [4.69, 9.17) is 0 Å². The third kappa shape index (κ3) is 1.64. The van der Waals surface area contributed by atoms with E-state index in [2.05, 4.69) is 22.0 Å². The maximum Gasteiger partial charge on any atom is 0.171 e. The van der Waals surface area contributed by atoms with Gasteiger partial charge in [0.1, 0.15) is 0 Å². The minimum atomic E-state index is 0.760. The van der Waals surface area contributed by atoms with Crippen molar-refractivity contribution in [2.24, 2.45) is 0 Å². The summed E-state index contributed by atoms with van der Waals surface area (Å²) in [5, 5.41) is 4.25. The van der Waals surface area contributed by atoms with Crippen LogP contribution >= 0.6 is 0 Å². The van der Waals surface area contributed by atoms with Crippen molar-refractivity contribution in [2.75, 3.05) is 0 Å². The molecule has 0 saturated carbocycles. The number of aromatic nitrogens is 4. The van der Waals surface area contributed by atoms with Gasteiger partial charge in [0.15, 0.2) is 5.82 Å². The molecule has 4 nitrogen and oxygen atoms in total. The van der Waals surface area contributed by atoms with Gasteiger partial charge in [-0.05, 0) is 19.4 Å². The summed E-state index contributed by atoms with van der Waals surface area (Å²) < 4.78 is 1.72. The minimum absolute atomic E-state index is 0.760. The number of aryl methyl sites for hydroxylation is 2. The van der Waals surface area contributed by atoms with Gasteiger partial charge in [0.2, 0.25) is 0 Å². The smallest absolute Gasteiger partial charge is 0.171 e. The number of nitrogens with zero attached hydrogens (tertiary/aromatic N) is 4. The van der Waals surface area contributed by atoms with Crippen LogP contribution in [-0.2, 0) is 6.42 Å². The highest BCUT2D eigenvalue weighted by Gasteiger charge is 1.99. The molecule has 0 radical (unpaired) electrons. The molecule has 72 valence electrons. The summed E-state index contributed by atoms with van der Waals surface area (Å²) in [5.74, 6) is 0.760. The molecule has 2 aromatic rings. The second-order valence-corrected chi connectivity index (χ2v) is 3.12. The van der Waals surface area contributed by atoms with Gasteiger partial charge < -0.3 is 0 Å². The Bertz CT molecular complexity index is 416. The van der Waals surface area contributed by atoms with Gasteiger partial charge in [0.05, 0.1) is 23.8 Å². The van der Waals surface area contributed by atoms with Crippen molar-refractivity contribution in [3.05, 3.63) is 36.0 Å². The molecule has 0 saturated heterocycles.